The first-order valence-corrected chi connectivity index (χ1v) is 7.92. The Labute approximate surface area is 138 Å². The van der Waals surface area contributed by atoms with Crippen LogP contribution in [-0.2, 0) is 0 Å². The summed E-state index contributed by atoms with van der Waals surface area (Å²) in [6.07, 6.45) is 3.18. The molecule has 1 aliphatic rings. The zero-order valence-corrected chi connectivity index (χ0v) is 14.4. The molecule has 0 amide bonds. The molecule has 0 aliphatic carbocycles. The van der Waals surface area contributed by atoms with Gasteiger partial charge in [0.05, 0.1) is 0 Å². The number of benzene rings is 1. The molecular formula is C16H25Cl2FN2. The zero-order valence-electron chi connectivity index (χ0n) is 12.8. The molecule has 5 heteroatoms. The molecule has 0 spiro atoms. The molecule has 2 nitrogen and oxygen atoms in total. The molecule has 1 N–H and O–H groups in total. The van der Waals surface area contributed by atoms with Gasteiger partial charge in [0.1, 0.15) is 5.82 Å². The molecular weight excluding hydrogens is 310 g/mol. The van der Waals surface area contributed by atoms with Crippen molar-refractivity contribution in [3.05, 3.63) is 34.1 Å². The van der Waals surface area contributed by atoms with E-state index in [1.807, 2.05) is 13.0 Å². The Morgan fingerprint density at radius 2 is 2.00 bits per heavy atom. The van der Waals surface area contributed by atoms with Crippen molar-refractivity contribution < 1.29 is 4.39 Å². The average Bonchev–Trinajstić information content (AvgIpc) is 2.47. The summed E-state index contributed by atoms with van der Waals surface area (Å²) in [6, 6.07) is 3.69. The van der Waals surface area contributed by atoms with E-state index in [1.54, 1.807) is 6.07 Å². The average molecular weight is 335 g/mol. The van der Waals surface area contributed by atoms with Gasteiger partial charge in [-0.1, -0.05) is 37.4 Å². The highest BCUT2D eigenvalue weighted by Crippen LogP contribution is 2.35. The number of halogens is 3. The minimum atomic E-state index is -0.128. The molecule has 1 aromatic carbocycles. The fourth-order valence-electron chi connectivity index (χ4n) is 2.88. The Morgan fingerprint density at radius 1 is 1.33 bits per heavy atom. The molecule has 2 rings (SSSR count). The lowest BCUT2D eigenvalue weighted by Gasteiger charge is -2.36. The van der Waals surface area contributed by atoms with E-state index in [2.05, 4.69) is 17.1 Å². The van der Waals surface area contributed by atoms with Gasteiger partial charge in [-0.2, -0.15) is 0 Å². The van der Waals surface area contributed by atoms with Crippen molar-refractivity contribution >= 4 is 24.0 Å². The van der Waals surface area contributed by atoms with E-state index in [1.165, 1.54) is 0 Å². The maximum absolute atomic E-state index is 14.6. The van der Waals surface area contributed by atoms with E-state index in [9.17, 15) is 4.39 Å². The Kier molecular flexibility index (Phi) is 7.96. The van der Waals surface area contributed by atoms with E-state index in [0.29, 0.717) is 16.1 Å². The predicted octanol–water partition coefficient (Wildman–Crippen LogP) is 4.35. The highest BCUT2D eigenvalue weighted by Gasteiger charge is 2.26. The Morgan fingerprint density at radius 3 is 2.62 bits per heavy atom. The number of nitrogens with one attached hydrogen (secondary N) is 1. The quantitative estimate of drug-likeness (QED) is 0.861. The maximum atomic E-state index is 14.6. The predicted molar refractivity (Wildman–Crippen MR) is 90.1 cm³/mol. The number of rotatable bonds is 5. The van der Waals surface area contributed by atoms with Crippen LogP contribution in [0.25, 0.3) is 0 Å². The number of aryl methyl sites for hydroxylation is 1. The van der Waals surface area contributed by atoms with E-state index < -0.39 is 0 Å². The summed E-state index contributed by atoms with van der Waals surface area (Å²) in [7, 11) is 0. The van der Waals surface area contributed by atoms with E-state index in [-0.39, 0.29) is 24.3 Å². The standard InChI is InChI=1S/C16H24ClFN2.ClH/c1-3-4-5-14(20-10-8-19-9-11-20)15-13(17)7-6-12(2)16(15)18;/h6-7,14,19H,3-5,8-11H2,1-2H3;1H/t14-;/m1./s1. The first kappa shape index (κ1) is 18.7. The van der Waals surface area contributed by atoms with Crippen molar-refractivity contribution in [3.8, 4) is 0 Å². The summed E-state index contributed by atoms with van der Waals surface area (Å²) in [4.78, 5) is 2.37. The Bertz CT molecular complexity index is 448. The van der Waals surface area contributed by atoms with Crippen LogP contribution < -0.4 is 5.32 Å². The summed E-state index contributed by atoms with van der Waals surface area (Å²) in [5.41, 5.74) is 1.38. The van der Waals surface area contributed by atoms with Crippen LogP contribution in [0.1, 0.15) is 43.4 Å². The molecule has 1 aromatic rings. The molecule has 0 saturated carbocycles. The van der Waals surface area contributed by atoms with Crippen LogP contribution in [0.4, 0.5) is 4.39 Å². The molecule has 1 saturated heterocycles. The second kappa shape index (κ2) is 8.94. The molecule has 0 bridgehead atoms. The lowest BCUT2D eigenvalue weighted by atomic mass is 9.96. The molecule has 0 aromatic heterocycles. The first-order chi connectivity index (χ1) is 9.65. The summed E-state index contributed by atoms with van der Waals surface area (Å²) in [5, 5.41) is 3.91. The Hall–Kier alpha value is -0.350. The molecule has 1 heterocycles. The van der Waals surface area contributed by atoms with Crippen LogP contribution >= 0.6 is 24.0 Å². The van der Waals surface area contributed by atoms with Crippen LogP contribution in [-0.4, -0.2) is 31.1 Å². The number of piperazine rings is 1. The second-order valence-electron chi connectivity index (χ2n) is 5.54. The fraction of sp³-hybridized carbons (Fsp3) is 0.625. The summed E-state index contributed by atoms with van der Waals surface area (Å²) < 4.78 is 14.6. The third-order valence-corrected chi connectivity index (χ3v) is 4.41. The van der Waals surface area contributed by atoms with E-state index in [0.717, 1.165) is 45.4 Å². The lowest BCUT2D eigenvalue weighted by molar-refractivity contribution is 0.160. The first-order valence-electron chi connectivity index (χ1n) is 7.54. The van der Waals surface area contributed by atoms with Crippen LogP contribution in [0.2, 0.25) is 5.02 Å². The number of hydrogen-bond acceptors (Lipinski definition) is 2. The highest BCUT2D eigenvalue weighted by atomic mass is 35.5. The van der Waals surface area contributed by atoms with Crippen molar-refractivity contribution in [2.75, 3.05) is 26.2 Å². The number of unbranched alkanes of at least 4 members (excludes halogenated alkanes) is 1. The van der Waals surface area contributed by atoms with Gasteiger partial charge in [0, 0.05) is 42.8 Å². The number of nitrogens with zero attached hydrogens (tertiary/aromatic N) is 1. The summed E-state index contributed by atoms with van der Waals surface area (Å²) in [5.74, 6) is -0.128. The van der Waals surface area contributed by atoms with Gasteiger partial charge in [0.25, 0.3) is 0 Å². The van der Waals surface area contributed by atoms with Gasteiger partial charge in [0.15, 0.2) is 0 Å². The number of hydrogen-bond donors (Lipinski definition) is 1. The SMILES string of the molecule is CCCC[C@H](c1c(Cl)ccc(C)c1F)N1CCNCC1.Cl. The van der Waals surface area contributed by atoms with Gasteiger partial charge in [-0.05, 0) is 25.0 Å². The normalized spacial score (nSPS) is 17.3. The van der Waals surface area contributed by atoms with E-state index in [4.69, 9.17) is 11.6 Å². The molecule has 0 radical (unpaired) electrons. The van der Waals surface area contributed by atoms with Crippen molar-refractivity contribution in [2.45, 2.75) is 39.2 Å². The van der Waals surface area contributed by atoms with Crippen LogP contribution in [0.5, 0.6) is 0 Å². The van der Waals surface area contributed by atoms with Gasteiger partial charge in [-0.25, -0.2) is 4.39 Å². The van der Waals surface area contributed by atoms with Crippen LogP contribution in [0, 0.1) is 12.7 Å². The topological polar surface area (TPSA) is 15.3 Å². The Balaban J connectivity index is 0.00000220. The third-order valence-electron chi connectivity index (χ3n) is 4.08. The van der Waals surface area contributed by atoms with Crippen molar-refractivity contribution in [3.63, 3.8) is 0 Å². The largest absolute Gasteiger partial charge is 0.314 e. The molecule has 120 valence electrons. The summed E-state index contributed by atoms with van der Waals surface area (Å²) in [6.45, 7) is 7.82. The second-order valence-corrected chi connectivity index (χ2v) is 5.94. The smallest absolute Gasteiger partial charge is 0.132 e. The van der Waals surface area contributed by atoms with Gasteiger partial charge in [-0.15, -0.1) is 12.4 Å². The fourth-order valence-corrected chi connectivity index (χ4v) is 3.16. The molecule has 0 unspecified atom stereocenters. The third kappa shape index (κ3) is 4.56. The minimum absolute atomic E-state index is 0. The maximum Gasteiger partial charge on any atom is 0.132 e. The molecule has 1 atom stereocenters. The highest BCUT2D eigenvalue weighted by molar-refractivity contribution is 6.31. The van der Waals surface area contributed by atoms with Gasteiger partial charge in [0.2, 0.25) is 0 Å². The lowest BCUT2D eigenvalue weighted by Crippen LogP contribution is -2.45. The molecule has 1 aliphatic heterocycles. The van der Waals surface area contributed by atoms with Crippen molar-refractivity contribution in [2.24, 2.45) is 0 Å². The van der Waals surface area contributed by atoms with Crippen LogP contribution in [0.15, 0.2) is 12.1 Å². The summed E-state index contributed by atoms with van der Waals surface area (Å²) >= 11 is 6.31. The zero-order chi connectivity index (χ0) is 14.5. The van der Waals surface area contributed by atoms with Crippen molar-refractivity contribution in [1.29, 1.82) is 0 Å². The molecule has 21 heavy (non-hydrogen) atoms. The minimum Gasteiger partial charge on any atom is -0.314 e. The van der Waals surface area contributed by atoms with Crippen molar-refractivity contribution in [1.82, 2.24) is 10.2 Å². The molecule has 1 fully saturated rings. The van der Waals surface area contributed by atoms with Crippen LogP contribution in [0.3, 0.4) is 0 Å². The van der Waals surface area contributed by atoms with Gasteiger partial charge in [-0.3, -0.25) is 4.90 Å². The van der Waals surface area contributed by atoms with E-state index >= 15 is 0 Å². The van der Waals surface area contributed by atoms with Gasteiger partial charge >= 0.3 is 0 Å². The van der Waals surface area contributed by atoms with Gasteiger partial charge < -0.3 is 5.32 Å². The monoisotopic (exact) mass is 334 g/mol.